The van der Waals surface area contributed by atoms with Crippen LogP contribution in [0.15, 0.2) is 66.9 Å². The van der Waals surface area contributed by atoms with Gasteiger partial charge >= 0.3 is 6.09 Å². The number of likely N-dealkylation sites (tertiary alicyclic amines) is 1. The van der Waals surface area contributed by atoms with Crippen LogP contribution >= 0.6 is 11.6 Å². The normalized spacial score (nSPS) is 16.8. The van der Waals surface area contributed by atoms with Crippen LogP contribution in [-0.4, -0.2) is 54.6 Å². The maximum absolute atomic E-state index is 13.0. The fourth-order valence-electron chi connectivity index (χ4n) is 5.03. The van der Waals surface area contributed by atoms with Gasteiger partial charge in [-0.25, -0.2) is 14.2 Å². The van der Waals surface area contributed by atoms with Gasteiger partial charge in [0.15, 0.2) is 0 Å². The average Bonchev–Trinajstić information content (AvgIpc) is 3.49. The first-order chi connectivity index (χ1) is 19.9. The third kappa shape index (κ3) is 8.41. The van der Waals surface area contributed by atoms with Gasteiger partial charge in [0.25, 0.3) is 0 Å². The van der Waals surface area contributed by atoms with Crippen LogP contribution in [0.1, 0.15) is 43.2 Å². The fourth-order valence-corrected chi connectivity index (χ4v) is 5.16. The van der Waals surface area contributed by atoms with Crippen LogP contribution in [0.5, 0.6) is 5.75 Å². The topological polar surface area (TPSA) is 98.6 Å². The number of amides is 2. The number of carbonyl (C=O) groups excluding carboxylic acids is 2. The van der Waals surface area contributed by atoms with Gasteiger partial charge in [-0.1, -0.05) is 23.7 Å². The van der Waals surface area contributed by atoms with Crippen LogP contribution in [0.3, 0.4) is 0 Å². The zero-order chi connectivity index (χ0) is 29.2. The number of carbonyl (C=O) groups is 2. The largest absolute Gasteiger partial charge is 0.412 e. The van der Waals surface area contributed by atoms with E-state index in [1.807, 2.05) is 23.1 Å². The standard InChI is InChI=1S/C22H23ClN4O.C9H10FNO2/c23-20-3-1-17(2-4-20)19-8-12-27(15-19)22(28)18-6-10-26(11-7-18)21-13-16(14-24)5-9-25-21;1-2-11-9(12)13-8-5-3-7(10)4-6-8/h1-5,9,13,18-19H,6-8,10-12,15H2;3-6H,2H2,1H3,(H,11,12). The number of piperidine rings is 1. The molecule has 5 rings (SSSR count). The highest BCUT2D eigenvalue weighted by atomic mass is 35.5. The summed E-state index contributed by atoms with van der Waals surface area (Å²) in [6.07, 6.45) is 3.82. The molecule has 2 saturated heterocycles. The van der Waals surface area contributed by atoms with Crippen molar-refractivity contribution < 1.29 is 18.7 Å². The summed E-state index contributed by atoms with van der Waals surface area (Å²) < 4.78 is 17.2. The Hall–Kier alpha value is -4.16. The summed E-state index contributed by atoms with van der Waals surface area (Å²) in [6, 6.07) is 18.9. The molecule has 3 aromatic rings. The zero-order valence-corrected chi connectivity index (χ0v) is 23.7. The maximum Gasteiger partial charge on any atom is 0.412 e. The van der Waals surface area contributed by atoms with Gasteiger partial charge < -0.3 is 19.9 Å². The molecule has 0 spiro atoms. The first-order valence-corrected chi connectivity index (χ1v) is 14.1. The predicted molar refractivity (Wildman–Crippen MR) is 155 cm³/mol. The van der Waals surface area contributed by atoms with Crippen molar-refractivity contribution in [1.29, 1.82) is 5.26 Å². The van der Waals surface area contributed by atoms with E-state index < -0.39 is 6.09 Å². The summed E-state index contributed by atoms with van der Waals surface area (Å²) in [5.41, 5.74) is 1.88. The van der Waals surface area contributed by atoms with Crippen molar-refractivity contribution in [3.63, 3.8) is 0 Å². The quantitative estimate of drug-likeness (QED) is 0.413. The molecule has 0 bridgehead atoms. The lowest BCUT2D eigenvalue weighted by molar-refractivity contribution is -0.135. The molecular formula is C31H33ClFN5O3. The molecule has 2 aliphatic heterocycles. The van der Waals surface area contributed by atoms with Gasteiger partial charge in [0.05, 0.1) is 11.6 Å². The smallest absolute Gasteiger partial charge is 0.410 e. The lowest BCUT2D eigenvalue weighted by atomic mass is 9.95. The van der Waals surface area contributed by atoms with Crippen LogP contribution in [0.2, 0.25) is 5.02 Å². The van der Waals surface area contributed by atoms with Crippen LogP contribution in [-0.2, 0) is 4.79 Å². The molecule has 214 valence electrons. The van der Waals surface area contributed by atoms with Crippen LogP contribution in [0, 0.1) is 23.1 Å². The van der Waals surface area contributed by atoms with Gasteiger partial charge in [-0.3, -0.25) is 4.79 Å². The van der Waals surface area contributed by atoms with Gasteiger partial charge in [-0.15, -0.1) is 0 Å². The highest BCUT2D eigenvalue weighted by Gasteiger charge is 2.33. The number of benzene rings is 2. The second-order valence-electron chi connectivity index (χ2n) is 9.97. The molecule has 0 radical (unpaired) electrons. The van der Waals surface area contributed by atoms with E-state index in [1.54, 1.807) is 19.2 Å². The molecule has 0 saturated carbocycles. The van der Waals surface area contributed by atoms with Crippen molar-refractivity contribution >= 4 is 29.4 Å². The molecule has 2 amide bonds. The van der Waals surface area contributed by atoms with E-state index in [1.165, 1.54) is 29.8 Å². The lowest BCUT2D eigenvalue weighted by Gasteiger charge is -2.34. The van der Waals surface area contributed by atoms with Crippen molar-refractivity contribution in [2.24, 2.45) is 5.92 Å². The Morgan fingerprint density at radius 1 is 1.07 bits per heavy atom. The SMILES string of the molecule is CCNC(=O)Oc1ccc(F)cc1.N#Cc1ccnc(N2CCC(C(=O)N3CCC(c4ccc(Cl)cc4)C3)CC2)c1. The summed E-state index contributed by atoms with van der Waals surface area (Å²) >= 11 is 5.98. The number of hydrogen-bond acceptors (Lipinski definition) is 6. The molecule has 10 heteroatoms. The fraction of sp³-hybridized carbons (Fsp3) is 0.355. The van der Waals surface area contributed by atoms with E-state index in [9.17, 15) is 14.0 Å². The molecule has 2 fully saturated rings. The van der Waals surface area contributed by atoms with Gasteiger partial charge in [-0.2, -0.15) is 5.26 Å². The number of ether oxygens (including phenoxy) is 1. The third-order valence-corrected chi connectivity index (χ3v) is 7.48. The minimum absolute atomic E-state index is 0.0827. The Kier molecular flexibility index (Phi) is 10.5. The molecule has 8 nitrogen and oxygen atoms in total. The summed E-state index contributed by atoms with van der Waals surface area (Å²) in [5.74, 6) is 1.57. The first-order valence-electron chi connectivity index (χ1n) is 13.7. The number of anilines is 1. The van der Waals surface area contributed by atoms with E-state index >= 15 is 0 Å². The number of rotatable bonds is 5. The van der Waals surface area contributed by atoms with Crippen molar-refractivity contribution in [2.45, 2.75) is 32.1 Å². The van der Waals surface area contributed by atoms with Gasteiger partial charge in [0.2, 0.25) is 5.91 Å². The Morgan fingerprint density at radius 3 is 2.44 bits per heavy atom. The Labute approximate surface area is 244 Å². The van der Waals surface area contributed by atoms with Crippen molar-refractivity contribution in [2.75, 3.05) is 37.6 Å². The number of nitrogens with one attached hydrogen (secondary N) is 1. The Morgan fingerprint density at radius 2 is 1.78 bits per heavy atom. The number of pyridine rings is 1. The molecule has 2 aliphatic rings. The molecule has 1 unspecified atom stereocenters. The molecule has 1 aromatic heterocycles. The number of hydrogen-bond donors (Lipinski definition) is 1. The monoisotopic (exact) mass is 577 g/mol. The highest BCUT2D eigenvalue weighted by Crippen LogP contribution is 2.31. The van der Waals surface area contributed by atoms with Crippen molar-refractivity contribution in [3.8, 4) is 11.8 Å². The van der Waals surface area contributed by atoms with Gasteiger partial charge in [-0.05, 0) is 80.3 Å². The lowest BCUT2D eigenvalue weighted by Crippen LogP contribution is -2.42. The van der Waals surface area contributed by atoms with E-state index in [0.717, 1.165) is 56.3 Å². The van der Waals surface area contributed by atoms with E-state index in [0.29, 0.717) is 23.8 Å². The van der Waals surface area contributed by atoms with Crippen LogP contribution in [0.25, 0.3) is 0 Å². The molecule has 2 aromatic carbocycles. The van der Waals surface area contributed by atoms with E-state index in [2.05, 4.69) is 33.4 Å². The summed E-state index contributed by atoms with van der Waals surface area (Å²) in [4.78, 5) is 32.5. The minimum atomic E-state index is -0.533. The summed E-state index contributed by atoms with van der Waals surface area (Å²) in [7, 11) is 0. The second-order valence-corrected chi connectivity index (χ2v) is 10.4. The number of halogens is 2. The molecule has 3 heterocycles. The van der Waals surface area contributed by atoms with Gasteiger partial charge in [0, 0.05) is 55.8 Å². The highest BCUT2D eigenvalue weighted by molar-refractivity contribution is 6.30. The molecule has 1 N–H and O–H groups in total. The minimum Gasteiger partial charge on any atom is -0.410 e. The number of nitriles is 1. The van der Waals surface area contributed by atoms with Crippen LogP contribution < -0.4 is 15.0 Å². The second kappa shape index (κ2) is 14.5. The van der Waals surface area contributed by atoms with Crippen molar-refractivity contribution in [3.05, 3.63) is 88.8 Å². The molecule has 41 heavy (non-hydrogen) atoms. The van der Waals surface area contributed by atoms with Crippen LogP contribution in [0.4, 0.5) is 15.0 Å². The number of nitrogens with zero attached hydrogens (tertiary/aromatic N) is 4. The summed E-state index contributed by atoms with van der Waals surface area (Å²) in [5, 5.41) is 12.3. The molecular weight excluding hydrogens is 545 g/mol. The molecule has 1 atom stereocenters. The predicted octanol–water partition coefficient (Wildman–Crippen LogP) is 5.77. The maximum atomic E-state index is 13.0. The Bertz CT molecular complexity index is 1360. The first kappa shape index (κ1) is 29.8. The van der Waals surface area contributed by atoms with Crippen molar-refractivity contribution in [1.82, 2.24) is 15.2 Å². The Balaban J connectivity index is 0.000000251. The zero-order valence-electron chi connectivity index (χ0n) is 22.9. The molecule has 0 aliphatic carbocycles. The average molecular weight is 578 g/mol. The van der Waals surface area contributed by atoms with Gasteiger partial charge in [0.1, 0.15) is 17.4 Å². The third-order valence-electron chi connectivity index (χ3n) is 7.23. The number of aromatic nitrogens is 1. The van der Waals surface area contributed by atoms with E-state index in [-0.39, 0.29) is 17.6 Å². The summed E-state index contributed by atoms with van der Waals surface area (Å²) in [6.45, 7) is 5.51. The van der Waals surface area contributed by atoms with E-state index in [4.69, 9.17) is 21.6 Å².